The molecule has 0 aliphatic rings. The van der Waals surface area contributed by atoms with Gasteiger partial charge in [0.25, 0.3) is 0 Å². The van der Waals surface area contributed by atoms with Gasteiger partial charge in [-0.1, -0.05) is 12.1 Å². The summed E-state index contributed by atoms with van der Waals surface area (Å²) in [5.41, 5.74) is -0.936. The van der Waals surface area contributed by atoms with Crippen molar-refractivity contribution in [3.05, 3.63) is 47.2 Å². The molecule has 114 valence electrons. The SMILES string of the molecule is FC(F)(F)c1cccc(NCc2nc(-c3cccs3)n[nH]2)n1. The van der Waals surface area contributed by atoms with Gasteiger partial charge < -0.3 is 5.32 Å². The van der Waals surface area contributed by atoms with E-state index < -0.39 is 11.9 Å². The molecular weight excluding hydrogens is 315 g/mol. The molecule has 3 rings (SSSR count). The minimum absolute atomic E-state index is 0.129. The summed E-state index contributed by atoms with van der Waals surface area (Å²) in [6, 6.07) is 7.47. The lowest BCUT2D eigenvalue weighted by molar-refractivity contribution is -0.141. The van der Waals surface area contributed by atoms with Gasteiger partial charge in [-0.15, -0.1) is 11.3 Å². The molecule has 0 radical (unpaired) electrons. The van der Waals surface area contributed by atoms with E-state index in [9.17, 15) is 13.2 Å². The average Bonchev–Trinajstić information content (AvgIpc) is 3.15. The van der Waals surface area contributed by atoms with Crippen molar-refractivity contribution in [2.24, 2.45) is 0 Å². The van der Waals surface area contributed by atoms with E-state index in [1.54, 1.807) is 0 Å². The Bertz CT molecular complexity index is 751. The molecule has 0 aliphatic carbocycles. The third kappa shape index (κ3) is 3.25. The maximum absolute atomic E-state index is 12.6. The summed E-state index contributed by atoms with van der Waals surface area (Å²) in [5.74, 6) is 1.20. The van der Waals surface area contributed by atoms with Gasteiger partial charge in [-0.3, -0.25) is 5.10 Å². The fourth-order valence-electron chi connectivity index (χ4n) is 1.76. The molecule has 0 saturated heterocycles. The second-order valence-corrected chi connectivity index (χ2v) is 5.29. The fraction of sp³-hybridized carbons (Fsp3) is 0.154. The molecule has 22 heavy (non-hydrogen) atoms. The van der Waals surface area contributed by atoms with Crippen LogP contribution >= 0.6 is 11.3 Å². The number of anilines is 1. The van der Waals surface area contributed by atoms with Gasteiger partial charge in [0.15, 0.2) is 5.82 Å². The van der Waals surface area contributed by atoms with E-state index in [4.69, 9.17) is 0 Å². The lowest BCUT2D eigenvalue weighted by Crippen LogP contribution is -2.10. The largest absolute Gasteiger partial charge is 0.433 e. The van der Waals surface area contributed by atoms with Crippen LogP contribution in [-0.2, 0) is 12.7 Å². The molecule has 0 fully saturated rings. The third-order valence-electron chi connectivity index (χ3n) is 2.75. The maximum atomic E-state index is 12.6. The molecule has 3 aromatic rings. The van der Waals surface area contributed by atoms with Gasteiger partial charge in [0.05, 0.1) is 11.4 Å². The van der Waals surface area contributed by atoms with E-state index in [2.05, 4.69) is 25.5 Å². The van der Waals surface area contributed by atoms with Crippen LogP contribution in [0.2, 0.25) is 0 Å². The zero-order chi connectivity index (χ0) is 15.6. The second kappa shape index (κ2) is 5.76. The Morgan fingerprint density at radius 1 is 1.14 bits per heavy atom. The Morgan fingerprint density at radius 3 is 2.73 bits per heavy atom. The standard InChI is InChI=1S/C13H10F3N5S/c14-13(15,16)9-4-1-5-10(18-9)17-7-11-19-12(21-20-11)8-3-2-6-22-8/h1-6H,7H2,(H,17,18)(H,19,20,21). The van der Waals surface area contributed by atoms with Gasteiger partial charge in [0.2, 0.25) is 0 Å². The number of H-pyrrole nitrogens is 1. The van der Waals surface area contributed by atoms with Gasteiger partial charge in [0.1, 0.15) is 17.3 Å². The number of thiophene rings is 1. The van der Waals surface area contributed by atoms with Crippen LogP contribution in [0.5, 0.6) is 0 Å². The van der Waals surface area contributed by atoms with Gasteiger partial charge in [0, 0.05) is 0 Å². The summed E-state index contributed by atoms with van der Waals surface area (Å²) >= 11 is 1.51. The molecule has 0 aromatic carbocycles. The van der Waals surface area contributed by atoms with E-state index in [1.165, 1.54) is 23.5 Å². The van der Waals surface area contributed by atoms with Gasteiger partial charge >= 0.3 is 6.18 Å². The summed E-state index contributed by atoms with van der Waals surface area (Å²) < 4.78 is 37.7. The Hall–Kier alpha value is -2.42. The average molecular weight is 325 g/mol. The number of rotatable bonds is 4. The number of aromatic amines is 1. The van der Waals surface area contributed by atoms with Crippen molar-refractivity contribution in [2.75, 3.05) is 5.32 Å². The van der Waals surface area contributed by atoms with Crippen molar-refractivity contribution in [2.45, 2.75) is 12.7 Å². The van der Waals surface area contributed by atoms with Crippen LogP contribution in [0.25, 0.3) is 10.7 Å². The summed E-state index contributed by atoms with van der Waals surface area (Å²) in [7, 11) is 0. The zero-order valence-electron chi connectivity index (χ0n) is 11.1. The van der Waals surface area contributed by atoms with Gasteiger partial charge in [-0.25, -0.2) is 9.97 Å². The lowest BCUT2D eigenvalue weighted by atomic mass is 10.3. The normalized spacial score (nSPS) is 11.6. The number of hydrogen-bond acceptors (Lipinski definition) is 5. The molecule has 0 saturated carbocycles. The third-order valence-corrected chi connectivity index (χ3v) is 3.62. The summed E-state index contributed by atoms with van der Waals surface area (Å²) in [5, 5.41) is 11.5. The topological polar surface area (TPSA) is 66.5 Å². The number of halogens is 3. The number of aromatic nitrogens is 4. The predicted molar refractivity (Wildman–Crippen MR) is 76.3 cm³/mol. The van der Waals surface area contributed by atoms with E-state index in [0.717, 1.165) is 10.9 Å². The van der Waals surface area contributed by atoms with E-state index in [-0.39, 0.29) is 12.4 Å². The van der Waals surface area contributed by atoms with E-state index >= 15 is 0 Å². The Kier molecular flexibility index (Phi) is 3.80. The van der Waals surface area contributed by atoms with Crippen LogP contribution in [0.4, 0.5) is 19.0 Å². The number of pyridine rings is 1. The Morgan fingerprint density at radius 2 is 2.00 bits per heavy atom. The lowest BCUT2D eigenvalue weighted by Gasteiger charge is -2.08. The van der Waals surface area contributed by atoms with Crippen molar-refractivity contribution in [3.8, 4) is 10.7 Å². The van der Waals surface area contributed by atoms with Crippen LogP contribution in [0.3, 0.4) is 0 Å². The fourth-order valence-corrected chi connectivity index (χ4v) is 2.41. The Labute approximate surface area is 127 Å². The van der Waals surface area contributed by atoms with Crippen LogP contribution in [0.15, 0.2) is 35.7 Å². The molecule has 9 heteroatoms. The van der Waals surface area contributed by atoms with Gasteiger partial charge in [-0.2, -0.15) is 18.3 Å². The minimum atomic E-state index is -4.46. The Balaban J connectivity index is 1.68. The van der Waals surface area contributed by atoms with Crippen molar-refractivity contribution >= 4 is 17.2 Å². The van der Waals surface area contributed by atoms with Crippen LogP contribution in [0, 0.1) is 0 Å². The van der Waals surface area contributed by atoms with Gasteiger partial charge in [-0.05, 0) is 23.6 Å². The molecule has 0 spiro atoms. The number of hydrogen-bond donors (Lipinski definition) is 2. The van der Waals surface area contributed by atoms with Crippen LogP contribution in [0.1, 0.15) is 11.5 Å². The molecule has 0 bridgehead atoms. The molecule has 3 heterocycles. The molecule has 2 N–H and O–H groups in total. The summed E-state index contributed by atoms with van der Waals surface area (Å²) in [4.78, 5) is 8.71. The molecule has 5 nitrogen and oxygen atoms in total. The van der Waals surface area contributed by atoms with E-state index in [1.807, 2.05) is 17.5 Å². The molecule has 0 aliphatic heterocycles. The maximum Gasteiger partial charge on any atom is 0.433 e. The smallest absolute Gasteiger partial charge is 0.363 e. The van der Waals surface area contributed by atoms with E-state index in [0.29, 0.717) is 11.6 Å². The first kappa shape index (κ1) is 14.5. The molecule has 3 aromatic heterocycles. The van der Waals surface area contributed by atoms with Crippen LogP contribution < -0.4 is 5.32 Å². The molecule has 0 unspecified atom stereocenters. The first-order valence-electron chi connectivity index (χ1n) is 6.25. The molecule has 0 amide bonds. The minimum Gasteiger partial charge on any atom is -0.363 e. The highest BCUT2D eigenvalue weighted by Crippen LogP contribution is 2.28. The highest BCUT2D eigenvalue weighted by atomic mass is 32.1. The summed E-state index contributed by atoms with van der Waals surface area (Å²) in [6.07, 6.45) is -4.46. The predicted octanol–water partition coefficient (Wildman–Crippen LogP) is 3.56. The molecular formula is C13H10F3N5S. The van der Waals surface area contributed by atoms with Crippen molar-refractivity contribution in [1.82, 2.24) is 20.2 Å². The molecule has 0 atom stereocenters. The first-order chi connectivity index (χ1) is 10.5. The monoisotopic (exact) mass is 325 g/mol. The van der Waals surface area contributed by atoms with Crippen molar-refractivity contribution in [3.63, 3.8) is 0 Å². The number of nitrogens with zero attached hydrogens (tertiary/aromatic N) is 3. The second-order valence-electron chi connectivity index (χ2n) is 4.34. The quantitative estimate of drug-likeness (QED) is 0.770. The highest BCUT2D eigenvalue weighted by Gasteiger charge is 2.32. The summed E-state index contributed by atoms with van der Waals surface area (Å²) in [6.45, 7) is 0.201. The highest BCUT2D eigenvalue weighted by molar-refractivity contribution is 7.13. The van der Waals surface area contributed by atoms with Crippen molar-refractivity contribution < 1.29 is 13.2 Å². The first-order valence-corrected chi connectivity index (χ1v) is 7.13. The zero-order valence-corrected chi connectivity index (χ0v) is 11.9. The van der Waals surface area contributed by atoms with Crippen LogP contribution in [-0.4, -0.2) is 20.2 Å². The van der Waals surface area contributed by atoms with Crippen molar-refractivity contribution in [1.29, 1.82) is 0 Å². The number of alkyl halides is 3. The number of nitrogens with one attached hydrogen (secondary N) is 2.